The Labute approximate surface area is 172 Å². The van der Waals surface area contributed by atoms with Gasteiger partial charge in [0.2, 0.25) is 5.52 Å². The highest BCUT2D eigenvalue weighted by molar-refractivity contribution is 7.66. The molecule has 2 rings (SSSR count). The van der Waals surface area contributed by atoms with E-state index in [1.165, 1.54) is 33.3 Å². The second-order valence-corrected chi connectivity index (χ2v) is 8.54. The van der Waals surface area contributed by atoms with Crippen molar-refractivity contribution in [2.45, 2.75) is 12.6 Å². The molecular weight excluding hydrogens is 434 g/mol. The molecule has 0 aromatic heterocycles. The average molecular weight is 449 g/mol. The summed E-state index contributed by atoms with van der Waals surface area (Å²) in [5.74, 6) is -0.222. The smallest absolute Gasteiger partial charge is 0.250 e. The summed E-state index contributed by atoms with van der Waals surface area (Å²) >= 11 is 18.0. The Morgan fingerprint density at radius 3 is 1.89 bits per heavy atom. The van der Waals surface area contributed by atoms with Gasteiger partial charge in [0.1, 0.15) is 17.1 Å². The van der Waals surface area contributed by atoms with E-state index >= 15 is 0 Å². The van der Waals surface area contributed by atoms with E-state index in [-0.39, 0.29) is 37.7 Å². The first-order chi connectivity index (χ1) is 12.7. The lowest BCUT2D eigenvalue weighted by Crippen LogP contribution is -2.18. The van der Waals surface area contributed by atoms with Crippen LogP contribution in [0.1, 0.15) is 27.6 Å². The Balaban J connectivity index is 2.41. The van der Waals surface area contributed by atoms with Crippen molar-refractivity contribution in [1.82, 2.24) is 0 Å². The van der Waals surface area contributed by atoms with Crippen LogP contribution in [0, 0.1) is 0 Å². The molecular formula is C18H15Cl3O5P. The Bertz CT molecular complexity index is 884. The predicted molar refractivity (Wildman–Crippen MR) is 107 cm³/mol. The molecule has 0 N–H and O–H groups in total. The normalized spacial score (nSPS) is 12.3. The minimum absolute atomic E-state index is 0.0107. The lowest BCUT2D eigenvalue weighted by Gasteiger charge is -2.15. The van der Waals surface area contributed by atoms with Gasteiger partial charge >= 0.3 is 0 Å². The van der Waals surface area contributed by atoms with Crippen molar-refractivity contribution in [3.05, 3.63) is 56.5 Å². The van der Waals surface area contributed by atoms with Gasteiger partial charge in [-0.05, 0) is 31.2 Å². The number of hydrogen-bond donors (Lipinski definition) is 0. The summed E-state index contributed by atoms with van der Waals surface area (Å²) in [5, 5.41) is 0.304. The number of halogens is 3. The molecule has 0 spiro atoms. The first-order valence-electron chi connectivity index (χ1n) is 7.63. The van der Waals surface area contributed by atoms with Crippen molar-refractivity contribution in [2.75, 3.05) is 14.2 Å². The number of methoxy groups -OCH3 is 2. The quantitative estimate of drug-likeness (QED) is 0.389. The van der Waals surface area contributed by atoms with Gasteiger partial charge in [0, 0.05) is 5.02 Å². The molecule has 0 fully saturated rings. The summed E-state index contributed by atoms with van der Waals surface area (Å²) in [6, 6.07) is 7.42. The molecule has 143 valence electrons. The molecule has 0 bridgehead atoms. The number of hydrogen-bond acceptors (Lipinski definition) is 5. The van der Waals surface area contributed by atoms with Crippen LogP contribution in [-0.2, 0) is 4.57 Å². The molecule has 1 radical (unpaired) electrons. The number of Topliss-reactive ketones (excluding diaryl/α,β-unsaturated/α-hetero) is 1. The number of carbonyl (C=O) groups excluding carboxylic acids is 2. The largest absolute Gasteiger partial charge is 0.496 e. The summed E-state index contributed by atoms with van der Waals surface area (Å²) in [6.07, 6.45) is 0. The zero-order valence-electron chi connectivity index (χ0n) is 14.6. The highest BCUT2D eigenvalue weighted by atomic mass is 35.5. The van der Waals surface area contributed by atoms with E-state index in [4.69, 9.17) is 44.3 Å². The number of ether oxygens (including phenoxy) is 2. The van der Waals surface area contributed by atoms with E-state index in [0.717, 1.165) is 0 Å². The fourth-order valence-electron chi connectivity index (χ4n) is 2.44. The highest BCUT2D eigenvalue weighted by Gasteiger charge is 2.33. The summed E-state index contributed by atoms with van der Waals surface area (Å²) in [4.78, 5) is 25.6. The van der Waals surface area contributed by atoms with Crippen LogP contribution in [0.4, 0.5) is 0 Å². The van der Waals surface area contributed by atoms with Crippen LogP contribution in [0.5, 0.6) is 11.5 Å². The predicted octanol–water partition coefficient (Wildman–Crippen LogP) is 5.90. The standard InChI is InChI=1S/C18H15Cl3O5P/c1-9(17(22)15-11(20)7-10(19)8-12(15)21)27(24)18(23)16-13(25-2)5-4-6-14(16)26-3/h4-9H,1-3H3. The van der Waals surface area contributed by atoms with Crippen LogP contribution in [-0.4, -0.2) is 31.2 Å². The topological polar surface area (TPSA) is 69.7 Å². The summed E-state index contributed by atoms with van der Waals surface area (Å²) in [6.45, 7) is 1.38. The van der Waals surface area contributed by atoms with Crippen LogP contribution < -0.4 is 9.47 Å². The fourth-order valence-corrected chi connectivity index (χ4v) is 4.58. The summed E-state index contributed by atoms with van der Waals surface area (Å²) < 4.78 is 23.2. The third-order valence-corrected chi connectivity index (χ3v) is 6.20. The maximum absolute atomic E-state index is 12.8. The first kappa shape index (κ1) is 21.6. The average Bonchev–Trinajstić information content (AvgIpc) is 2.64. The van der Waals surface area contributed by atoms with Gasteiger partial charge < -0.3 is 9.47 Å². The zero-order valence-corrected chi connectivity index (χ0v) is 17.7. The second-order valence-electron chi connectivity index (χ2n) is 5.45. The van der Waals surface area contributed by atoms with Crippen molar-refractivity contribution >= 4 is 53.9 Å². The van der Waals surface area contributed by atoms with Crippen LogP contribution in [0.3, 0.4) is 0 Å². The Kier molecular flexibility index (Phi) is 7.24. The Hall–Kier alpha value is -1.65. The summed E-state index contributed by atoms with van der Waals surface area (Å²) in [7, 11) is 0.0836. The number of carbonyl (C=O) groups is 2. The van der Waals surface area contributed by atoms with Crippen molar-refractivity contribution in [2.24, 2.45) is 0 Å². The van der Waals surface area contributed by atoms with E-state index in [9.17, 15) is 14.2 Å². The monoisotopic (exact) mass is 447 g/mol. The van der Waals surface area contributed by atoms with Crippen LogP contribution in [0.25, 0.3) is 0 Å². The SMILES string of the molecule is COc1cccc(OC)c1C(=O)[P](=O)C(C)C(=O)c1c(Cl)cc(Cl)cc1Cl. The first-order valence-corrected chi connectivity index (χ1v) is 10.1. The molecule has 5 nitrogen and oxygen atoms in total. The number of ketones is 1. The van der Waals surface area contributed by atoms with E-state index in [2.05, 4.69) is 0 Å². The van der Waals surface area contributed by atoms with Crippen molar-refractivity contribution in [1.29, 1.82) is 0 Å². The van der Waals surface area contributed by atoms with Gasteiger partial charge in [-0.15, -0.1) is 0 Å². The molecule has 0 aliphatic rings. The fraction of sp³-hybridized carbons (Fsp3) is 0.222. The highest BCUT2D eigenvalue weighted by Crippen LogP contribution is 2.42. The van der Waals surface area contributed by atoms with Crippen LogP contribution in [0.2, 0.25) is 15.1 Å². The molecule has 27 heavy (non-hydrogen) atoms. The van der Waals surface area contributed by atoms with E-state index in [1.807, 2.05) is 0 Å². The molecule has 2 unspecified atom stereocenters. The van der Waals surface area contributed by atoms with E-state index in [1.54, 1.807) is 18.2 Å². The minimum Gasteiger partial charge on any atom is -0.496 e. The van der Waals surface area contributed by atoms with Crippen molar-refractivity contribution in [3.63, 3.8) is 0 Å². The molecule has 0 amide bonds. The van der Waals surface area contributed by atoms with Gasteiger partial charge in [0.15, 0.2) is 13.6 Å². The third-order valence-electron chi connectivity index (χ3n) is 3.83. The molecule has 0 aliphatic heterocycles. The molecule has 2 aromatic carbocycles. The molecule has 0 aliphatic carbocycles. The molecule has 0 heterocycles. The maximum Gasteiger partial charge on any atom is 0.250 e. The summed E-state index contributed by atoms with van der Waals surface area (Å²) in [5.41, 5.74) is -1.95. The zero-order chi connectivity index (χ0) is 20.3. The minimum atomic E-state index is -2.67. The molecule has 0 saturated carbocycles. The van der Waals surface area contributed by atoms with Gasteiger partial charge in [-0.1, -0.05) is 40.9 Å². The van der Waals surface area contributed by atoms with E-state index in [0.29, 0.717) is 0 Å². The van der Waals surface area contributed by atoms with Gasteiger partial charge in [0.25, 0.3) is 0 Å². The number of rotatable bonds is 7. The Morgan fingerprint density at radius 2 is 1.44 bits per heavy atom. The van der Waals surface area contributed by atoms with Gasteiger partial charge in [0.05, 0.1) is 35.5 Å². The lowest BCUT2D eigenvalue weighted by atomic mass is 10.1. The van der Waals surface area contributed by atoms with Gasteiger partial charge in [-0.3, -0.25) is 14.2 Å². The Morgan fingerprint density at radius 1 is 0.963 bits per heavy atom. The van der Waals surface area contributed by atoms with Crippen molar-refractivity contribution < 1.29 is 23.6 Å². The van der Waals surface area contributed by atoms with Gasteiger partial charge in [-0.2, -0.15) is 0 Å². The van der Waals surface area contributed by atoms with Crippen LogP contribution >= 0.6 is 42.6 Å². The molecule has 9 heteroatoms. The van der Waals surface area contributed by atoms with Crippen LogP contribution in [0.15, 0.2) is 30.3 Å². The lowest BCUT2D eigenvalue weighted by molar-refractivity contribution is 0.0982. The molecule has 2 aromatic rings. The van der Waals surface area contributed by atoms with Gasteiger partial charge in [-0.25, -0.2) is 0 Å². The second kappa shape index (κ2) is 9.03. The van der Waals surface area contributed by atoms with Crippen molar-refractivity contribution in [3.8, 4) is 11.5 Å². The molecule has 2 atom stereocenters. The maximum atomic E-state index is 12.8. The third kappa shape index (κ3) is 4.44. The van der Waals surface area contributed by atoms with E-state index < -0.39 is 24.8 Å². The molecule has 0 saturated heterocycles. The number of benzene rings is 2.